The number of carbonyl (C=O) groups is 1. The van der Waals surface area contributed by atoms with Crippen molar-refractivity contribution in [3.63, 3.8) is 0 Å². The standard InChI is InChI=1S/C12H8FN3OS/c13-9-3-8(5-14-6-9)11(17)4-10-7-16-1-2-18-12(16)15-10/h1-3,5-7H,4H2. The summed E-state index contributed by atoms with van der Waals surface area (Å²) >= 11 is 1.50. The first kappa shape index (κ1) is 11.0. The van der Waals surface area contributed by atoms with Gasteiger partial charge in [-0.15, -0.1) is 11.3 Å². The molecule has 0 saturated heterocycles. The Labute approximate surface area is 106 Å². The molecule has 0 N–H and O–H groups in total. The predicted molar refractivity (Wildman–Crippen MR) is 65.3 cm³/mol. The quantitative estimate of drug-likeness (QED) is 0.680. The van der Waals surface area contributed by atoms with Crippen LogP contribution in [0.5, 0.6) is 0 Å². The maximum Gasteiger partial charge on any atom is 0.193 e. The van der Waals surface area contributed by atoms with Gasteiger partial charge in [0.2, 0.25) is 0 Å². The van der Waals surface area contributed by atoms with Crippen molar-refractivity contribution in [2.45, 2.75) is 6.42 Å². The van der Waals surface area contributed by atoms with Gasteiger partial charge in [0.05, 0.1) is 18.3 Å². The van der Waals surface area contributed by atoms with Gasteiger partial charge in [0.25, 0.3) is 0 Å². The first-order valence-electron chi connectivity index (χ1n) is 5.27. The third kappa shape index (κ3) is 2.02. The van der Waals surface area contributed by atoms with Crippen LogP contribution in [0.1, 0.15) is 16.1 Å². The minimum atomic E-state index is -0.508. The highest BCUT2D eigenvalue weighted by Gasteiger charge is 2.11. The van der Waals surface area contributed by atoms with Crippen LogP contribution in [-0.4, -0.2) is 20.2 Å². The third-order valence-corrected chi connectivity index (χ3v) is 3.28. The Bertz CT molecular complexity index is 690. The van der Waals surface area contributed by atoms with E-state index in [1.54, 1.807) is 6.20 Å². The highest BCUT2D eigenvalue weighted by Crippen LogP contribution is 2.13. The van der Waals surface area contributed by atoms with Crippen molar-refractivity contribution in [2.75, 3.05) is 0 Å². The predicted octanol–water partition coefficient (Wildman–Crippen LogP) is 2.36. The molecule has 3 heterocycles. The highest BCUT2D eigenvalue weighted by atomic mass is 32.1. The van der Waals surface area contributed by atoms with E-state index < -0.39 is 5.82 Å². The van der Waals surface area contributed by atoms with E-state index in [1.807, 2.05) is 16.0 Å². The molecule has 3 rings (SSSR count). The number of hydrogen-bond acceptors (Lipinski definition) is 4. The Morgan fingerprint density at radius 3 is 3.11 bits per heavy atom. The smallest absolute Gasteiger partial charge is 0.193 e. The van der Waals surface area contributed by atoms with E-state index in [9.17, 15) is 9.18 Å². The van der Waals surface area contributed by atoms with Crippen LogP contribution in [0.2, 0.25) is 0 Å². The molecule has 0 amide bonds. The Kier molecular flexibility index (Phi) is 2.64. The van der Waals surface area contributed by atoms with Gasteiger partial charge in [0, 0.05) is 29.5 Å². The first-order chi connectivity index (χ1) is 8.72. The second-order valence-corrected chi connectivity index (χ2v) is 4.69. The zero-order chi connectivity index (χ0) is 12.5. The highest BCUT2D eigenvalue weighted by molar-refractivity contribution is 7.15. The van der Waals surface area contributed by atoms with E-state index in [0.29, 0.717) is 5.69 Å². The minimum Gasteiger partial charge on any atom is -0.297 e. The maximum atomic E-state index is 13.0. The van der Waals surface area contributed by atoms with Gasteiger partial charge in [0.15, 0.2) is 10.7 Å². The molecule has 0 atom stereocenters. The van der Waals surface area contributed by atoms with Crippen molar-refractivity contribution < 1.29 is 9.18 Å². The number of nitrogens with zero attached hydrogens (tertiary/aromatic N) is 3. The van der Waals surface area contributed by atoms with Crippen molar-refractivity contribution in [3.8, 4) is 0 Å². The van der Waals surface area contributed by atoms with Crippen LogP contribution in [0.25, 0.3) is 4.96 Å². The van der Waals surface area contributed by atoms with Crippen LogP contribution in [0, 0.1) is 5.82 Å². The van der Waals surface area contributed by atoms with Crippen molar-refractivity contribution in [3.05, 3.63) is 53.3 Å². The summed E-state index contributed by atoms with van der Waals surface area (Å²) in [4.78, 5) is 20.7. The van der Waals surface area contributed by atoms with Crippen LogP contribution in [0.3, 0.4) is 0 Å². The lowest BCUT2D eigenvalue weighted by molar-refractivity contribution is 0.0991. The Morgan fingerprint density at radius 1 is 1.44 bits per heavy atom. The van der Waals surface area contributed by atoms with E-state index >= 15 is 0 Å². The molecule has 0 aliphatic rings. The van der Waals surface area contributed by atoms with Crippen LogP contribution >= 0.6 is 11.3 Å². The number of fused-ring (bicyclic) bond motifs is 1. The van der Waals surface area contributed by atoms with Crippen molar-refractivity contribution >= 4 is 22.1 Å². The van der Waals surface area contributed by atoms with Gasteiger partial charge in [-0.25, -0.2) is 9.37 Å². The van der Waals surface area contributed by atoms with E-state index in [0.717, 1.165) is 11.2 Å². The van der Waals surface area contributed by atoms with Crippen LogP contribution in [0.4, 0.5) is 4.39 Å². The maximum absolute atomic E-state index is 13.0. The van der Waals surface area contributed by atoms with Crippen molar-refractivity contribution in [1.82, 2.24) is 14.4 Å². The molecule has 0 aliphatic heterocycles. The first-order valence-corrected chi connectivity index (χ1v) is 6.15. The molecule has 0 bridgehead atoms. The monoisotopic (exact) mass is 261 g/mol. The topological polar surface area (TPSA) is 47.3 Å². The molecule has 3 aromatic heterocycles. The molecule has 3 aromatic rings. The van der Waals surface area contributed by atoms with Crippen LogP contribution in [-0.2, 0) is 6.42 Å². The number of imidazole rings is 1. The van der Waals surface area contributed by atoms with Crippen LogP contribution < -0.4 is 0 Å². The Morgan fingerprint density at radius 2 is 2.33 bits per heavy atom. The molecule has 0 saturated carbocycles. The number of ketones is 1. The molecule has 0 aromatic carbocycles. The number of hydrogen-bond donors (Lipinski definition) is 0. The normalized spacial score (nSPS) is 10.9. The zero-order valence-electron chi connectivity index (χ0n) is 9.21. The molecule has 6 heteroatoms. The van der Waals surface area contributed by atoms with Crippen molar-refractivity contribution in [2.24, 2.45) is 0 Å². The molecule has 0 fully saturated rings. The fourth-order valence-corrected chi connectivity index (χ4v) is 2.41. The largest absolute Gasteiger partial charge is 0.297 e. The summed E-state index contributed by atoms with van der Waals surface area (Å²) < 4.78 is 14.8. The number of pyridine rings is 1. The fourth-order valence-electron chi connectivity index (χ4n) is 1.69. The number of carbonyl (C=O) groups excluding carboxylic acids is 1. The van der Waals surface area contributed by atoms with Gasteiger partial charge >= 0.3 is 0 Å². The lowest BCUT2D eigenvalue weighted by atomic mass is 10.1. The summed E-state index contributed by atoms with van der Waals surface area (Å²) in [5.41, 5.74) is 0.947. The molecule has 0 spiro atoms. The fraction of sp³-hybridized carbons (Fsp3) is 0.0833. The minimum absolute atomic E-state index is 0.152. The number of Topliss-reactive ketones (excluding diaryl/α,β-unsaturated/α-hetero) is 1. The lowest BCUT2D eigenvalue weighted by Crippen LogP contribution is -2.04. The molecule has 18 heavy (non-hydrogen) atoms. The second kappa shape index (κ2) is 4.30. The summed E-state index contributed by atoms with van der Waals surface area (Å²) in [5.74, 6) is -0.695. The third-order valence-electron chi connectivity index (χ3n) is 2.51. The Hall–Kier alpha value is -2.08. The molecular formula is C12H8FN3OS. The van der Waals surface area contributed by atoms with Gasteiger partial charge in [-0.2, -0.15) is 0 Å². The molecule has 0 aliphatic carbocycles. The van der Waals surface area contributed by atoms with Gasteiger partial charge in [0.1, 0.15) is 5.82 Å². The molecule has 4 nitrogen and oxygen atoms in total. The van der Waals surface area contributed by atoms with Crippen LogP contribution in [0.15, 0.2) is 36.2 Å². The number of thiazole rings is 1. The summed E-state index contributed by atoms with van der Waals surface area (Å²) in [7, 11) is 0. The molecule has 0 radical (unpaired) electrons. The molecule has 90 valence electrons. The van der Waals surface area contributed by atoms with Crippen molar-refractivity contribution in [1.29, 1.82) is 0 Å². The van der Waals surface area contributed by atoms with Gasteiger partial charge in [-0.05, 0) is 6.07 Å². The zero-order valence-corrected chi connectivity index (χ0v) is 10.0. The SMILES string of the molecule is O=C(Cc1cn2ccsc2n1)c1cncc(F)c1. The number of halogens is 1. The van der Waals surface area contributed by atoms with E-state index in [-0.39, 0.29) is 17.8 Å². The van der Waals surface area contributed by atoms with Gasteiger partial charge in [-0.1, -0.05) is 0 Å². The summed E-state index contributed by atoms with van der Waals surface area (Å²) in [5, 5.41) is 1.92. The average molecular weight is 261 g/mol. The number of aromatic nitrogens is 3. The molecule has 0 unspecified atom stereocenters. The van der Waals surface area contributed by atoms with E-state index in [1.165, 1.54) is 23.6 Å². The average Bonchev–Trinajstić information content (AvgIpc) is 2.89. The second-order valence-electron chi connectivity index (χ2n) is 3.82. The summed E-state index contributed by atoms with van der Waals surface area (Å²) in [6.07, 6.45) is 6.27. The Balaban J connectivity index is 1.84. The molecular weight excluding hydrogens is 253 g/mol. The number of rotatable bonds is 3. The van der Waals surface area contributed by atoms with Gasteiger partial charge < -0.3 is 0 Å². The van der Waals surface area contributed by atoms with E-state index in [2.05, 4.69) is 9.97 Å². The summed E-state index contributed by atoms with van der Waals surface area (Å²) in [6.45, 7) is 0. The lowest BCUT2D eigenvalue weighted by Gasteiger charge is -1.97. The van der Waals surface area contributed by atoms with E-state index in [4.69, 9.17) is 0 Å². The van der Waals surface area contributed by atoms with Gasteiger partial charge in [-0.3, -0.25) is 14.2 Å². The summed E-state index contributed by atoms with van der Waals surface area (Å²) in [6, 6.07) is 1.19.